The maximum absolute atomic E-state index is 13.3. The van der Waals surface area contributed by atoms with Gasteiger partial charge in [0.05, 0.1) is 38.3 Å². The van der Waals surface area contributed by atoms with E-state index in [9.17, 15) is 13.2 Å². The molecule has 1 aliphatic heterocycles. The first-order chi connectivity index (χ1) is 13.8. The van der Waals surface area contributed by atoms with E-state index in [1.54, 1.807) is 41.3 Å². The Morgan fingerprint density at radius 3 is 2.79 bits per heavy atom. The number of carbonyl (C=O) groups excluding carboxylic acids is 1. The molecule has 1 unspecified atom stereocenters. The molecule has 29 heavy (non-hydrogen) atoms. The van der Waals surface area contributed by atoms with E-state index in [2.05, 4.69) is 4.98 Å². The molecule has 9 heteroatoms. The minimum Gasteiger partial charge on any atom is -0.376 e. The maximum Gasteiger partial charge on any atom is 0.261 e. The largest absolute Gasteiger partial charge is 0.376 e. The zero-order chi connectivity index (χ0) is 20.6. The van der Waals surface area contributed by atoms with Gasteiger partial charge in [0.2, 0.25) is 0 Å². The highest BCUT2D eigenvalue weighted by Gasteiger charge is 2.28. The van der Waals surface area contributed by atoms with Crippen molar-refractivity contribution in [3.63, 3.8) is 0 Å². The molecular weight excluding hydrogens is 432 g/mol. The van der Waals surface area contributed by atoms with Gasteiger partial charge in [0.1, 0.15) is 0 Å². The first-order valence-electron chi connectivity index (χ1n) is 9.11. The van der Waals surface area contributed by atoms with Crippen LogP contribution in [0.25, 0.3) is 10.2 Å². The third kappa shape index (κ3) is 4.30. The average molecular weight is 451 g/mol. The number of carbonyl (C=O) groups is 1. The van der Waals surface area contributed by atoms with Gasteiger partial charge in [0.25, 0.3) is 5.91 Å². The summed E-state index contributed by atoms with van der Waals surface area (Å²) >= 11 is 7.53. The van der Waals surface area contributed by atoms with Crippen molar-refractivity contribution in [3.05, 3.63) is 53.1 Å². The van der Waals surface area contributed by atoms with Gasteiger partial charge in [-0.1, -0.05) is 35.1 Å². The number of rotatable bonds is 5. The van der Waals surface area contributed by atoms with Crippen LogP contribution in [-0.2, 0) is 14.6 Å². The van der Waals surface area contributed by atoms with E-state index in [0.717, 1.165) is 12.8 Å². The van der Waals surface area contributed by atoms with Gasteiger partial charge in [-0.25, -0.2) is 13.4 Å². The number of sulfone groups is 1. The number of thiazole rings is 1. The van der Waals surface area contributed by atoms with Crippen molar-refractivity contribution in [2.45, 2.75) is 23.8 Å². The van der Waals surface area contributed by atoms with Crippen LogP contribution in [0.5, 0.6) is 0 Å². The minimum absolute atomic E-state index is 0.0694. The lowest BCUT2D eigenvalue weighted by Gasteiger charge is -2.23. The molecule has 1 aromatic heterocycles. The topological polar surface area (TPSA) is 76.6 Å². The van der Waals surface area contributed by atoms with E-state index in [1.807, 2.05) is 0 Å². The standard InChI is InChI=1S/C20H19ClN2O4S2/c1-29(25,26)14-8-9-17-18(11-14)28-20(22-17)23(12-13-5-4-10-27-13)19(24)15-6-2-3-7-16(15)21/h2-3,6-9,11,13H,4-5,10,12H2,1H3. The Balaban J connectivity index is 1.76. The molecule has 1 aliphatic rings. The smallest absolute Gasteiger partial charge is 0.261 e. The molecular formula is C20H19ClN2O4S2. The van der Waals surface area contributed by atoms with Crippen LogP contribution < -0.4 is 4.90 Å². The third-order valence-corrected chi connectivity index (χ3v) is 7.25. The summed E-state index contributed by atoms with van der Waals surface area (Å²) in [6.45, 7) is 1.04. The van der Waals surface area contributed by atoms with Crippen molar-refractivity contribution < 1.29 is 17.9 Å². The van der Waals surface area contributed by atoms with Gasteiger partial charge in [0, 0.05) is 12.9 Å². The van der Waals surface area contributed by atoms with E-state index in [4.69, 9.17) is 16.3 Å². The van der Waals surface area contributed by atoms with Gasteiger partial charge in [0.15, 0.2) is 15.0 Å². The van der Waals surface area contributed by atoms with Gasteiger partial charge in [-0.05, 0) is 43.2 Å². The summed E-state index contributed by atoms with van der Waals surface area (Å²) in [6.07, 6.45) is 2.92. The van der Waals surface area contributed by atoms with Crippen LogP contribution in [0.3, 0.4) is 0 Å². The van der Waals surface area contributed by atoms with E-state index < -0.39 is 9.84 Å². The van der Waals surface area contributed by atoms with Gasteiger partial charge in [-0.15, -0.1) is 0 Å². The number of nitrogens with zero attached hydrogens (tertiary/aromatic N) is 2. The van der Waals surface area contributed by atoms with Gasteiger partial charge < -0.3 is 4.74 Å². The van der Waals surface area contributed by atoms with E-state index in [-0.39, 0.29) is 16.9 Å². The quantitative estimate of drug-likeness (QED) is 0.582. The molecule has 6 nitrogen and oxygen atoms in total. The van der Waals surface area contributed by atoms with Crippen LogP contribution >= 0.6 is 22.9 Å². The molecule has 2 heterocycles. The van der Waals surface area contributed by atoms with Crippen molar-refractivity contribution in [2.75, 3.05) is 24.3 Å². The lowest BCUT2D eigenvalue weighted by Crippen LogP contribution is -2.37. The van der Waals surface area contributed by atoms with Crippen LogP contribution in [0.4, 0.5) is 5.13 Å². The lowest BCUT2D eigenvalue weighted by atomic mass is 10.1. The SMILES string of the molecule is CS(=O)(=O)c1ccc2nc(N(CC3CCCO3)C(=O)c3ccccc3Cl)sc2c1. The zero-order valence-electron chi connectivity index (χ0n) is 15.7. The van der Waals surface area contributed by atoms with E-state index in [1.165, 1.54) is 23.7 Å². The fraction of sp³-hybridized carbons (Fsp3) is 0.300. The first kappa shape index (κ1) is 20.3. The molecule has 1 fully saturated rings. The number of halogens is 1. The molecule has 152 valence electrons. The molecule has 0 saturated carbocycles. The molecule has 1 amide bonds. The van der Waals surface area contributed by atoms with Gasteiger partial charge in [-0.3, -0.25) is 9.69 Å². The molecule has 0 bridgehead atoms. The highest BCUT2D eigenvalue weighted by Crippen LogP contribution is 2.33. The van der Waals surface area contributed by atoms with Crippen LogP contribution in [0.2, 0.25) is 5.02 Å². The fourth-order valence-electron chi connectivity index (χ4n) is 3.26. The van der Waals surface area contributed by atoms with Crippen molar-refractivity contribution in [1.29, 1.82) is 0 Å². The van der Waals surface area contributed by atoms with E-state index in [0.29, 0.717) is 39.1 Å². The maximum atomic E-state index is 13.3. The summed E-state index contributed by atoms with van der Waals surface area (Å²) in [7, 11) is -3.33. The average Bonchev–Trinajstić information content (AvgIpc) is 3.34. The number of hydrogen-bond donors (Lipinski definition) is 0. The Morgan fingerprint density at radius 1 is 1.31 bits per heavy atom. The van der Waals surface area contributed by atoms with Gasteiger partial charge >= 0.3 is 0 Å². The molecule has 1 atom stereocenters. The van der Waals surface area contributed by atoms with Crippen LogP contribution in [0.1, 0.15) is 23.2 Å². The molecule has 2 aromatic carbocycles. The lowest BCUT2D eigenvalue weighted by molar-refractivity contribution is 0.0917. The minimum atomic E-state index is -3.33. The van der Waals surface area contributed by atoms with Gasteiger partial charge in [-0.2, -0.15) is 0 Å². The van der Waals surface area contributed by atoms with Crippen LogP contribution in [0.15, 0.2) is 47.4 Å². The predicted molar refractivity (Wildman–Crippen MR) is 115 cm³/mol. The summed E-state index contributed by atoms with van der Waals surface area (Å²) in [5, 5.41) is 0.862. The summed E-state index contributed by atoms with van der Waals surface area (Å²) in [5.74, 6) is -0.256. The second-order valence-corrected chi connectivity index (χ2v) is 10.4. The number of fused-ring (bicyclic) bond motifs is 1. The Kier molecular flexibility index (Phi) is 5.61. The number of hydrogen-bond acceptors (Lipinski definition) is 6. The molecule has 0 spiro atoms. The van der Waals surface area contributed by atoms with Crippen molar-refractivity contribution in [2.24, 2.45) is 0 Å². The Labute approximate surface area is 178 Å². The molecule has 3 aromatic rings. The monoisotopic (exact) mass is 450 g/mol. The third-order valence-electron chi connectivity index (χ3n) is 4.77. The van der Waals surface area contributed by atoms with Crippen molar-refractivity contribution in [1.82, 2.24) is 4.98 Å². The second-order valence-electron chi connectivity index (χ2n) is 6.93. The fourth-order valence-corrected chi connectivity index (χ4v) is 5.21. The molecule has 4 rings (SSSR count). The predicted octanol–water partition coefficient (Wildman–Crippen LogP) is 4.18. The Hall–Kier alpha value is -2.00. The summed E-state index contributed by atoms with van der Waals surface area (Å²) < 4.78 is 30.2. The highest BCUT2D eigenvalue weighted by atomic mass is 35.5. The molecule has 0 radical (unpaired) electrons. The summed E-state index contributed by atoms with van der Waals surface area (Å²) in [4.78, 5) is 19.7. The van der Waals surface area contributed by atoms with Crippen LogP contribution in [-0.4, -0.2) is 44.8 Å². The van der Waals surface area contributed by atoms with Crippen molar-refractivity contribution in [3.8, 4) is 0 Å². The van der Waals surface area contributed by atoms with E-state index >= 15 is 0 Å². The number of ether oxygens (including phenoxy) is 1. The molecule has 0 aliphatic carbocycles. The zero-order valence-corrected chi connectivity index (χ0v) is 18.1. The number of aromatic nitrogens is 1. The summed E-state index contributed by atoms with van der Waals surface area (Å²) in [5.41, 5.74) is 1.03. The van der Waals surface area contributed by atoms with Crippen LogP contribution in [0, 0.1) is 0 Å². The number of amides is 1. The number of anilines is 1. The Bertz CT molecular complexity index is 1170. The Morgan fingerprint density at radius 2 is 2.10 bits per heavy atom. The normalized spacial score (nSPS) is 17.0. The van der Waals surface area contributed by atoms with Crippen molar-refractivity contribution >= 4 is 54.0 Å². The highest BCUT2D eigenvalue weighted by molar-refractivity contribution is 7.90. The second kappa shape index (κ2) is 8.02. The number of benzene rings is 2. The molecule has 1 saturated heterocycles. The summed E-state index contributed by atoms with van der Waals surface area (Å²) in [6, 6.07) is 11.7. The molecule has 0 N–H and O–H groups in total. The first-order valence-corrected chi connectivity index (χ1v) is 12.2.